The number of pyridine rings is 1. The highest BCUT2D eigenvalue weighted by Crippen LogP contribution is 2.27. The van der Waals surface area contributed by atoms with Gasteiger partial charge in [0, 0.05) is 29.7 Å². The Bertz CT molecular complexity index is 934. The van der Waals surface area contributed by atoms with Crippen LogP contribution in [0.5, 0.6) is 0 Å². The van der Waals surface area contributed by atoms with E-state index >= 15 is 0 Å². The monoisotopic (exact) mass is 325 g/mol. The molecule has 0 saturated carbocycles. The van der Waals surface area contributed by atoms with Crippen LogP contribution in [0, 0.1) is 17.0 Å². The zero-order chi connectivity index (χ0) is 17.3. The number of aryl methyl sites for hydroxylation is 1. The Morgan fingerprint density at radius 3 is 2.54 bits per heavy atom. The molecule has 0 aliphatic heterocycles. The van der Waals surface area contributed by atoms with Gasteiger partial charge in [-0.3, -0.25) is 20.0 Å². The molecule has 0 radical (unpaired) electrons. The predicted molar refractivity (Wildman–Crippen MR) is 82.8 cm³/mol. The summed E-state index contributed by atoms with van der Waals surface area (Å²) in [6.07, 6.45) is 2.76. The topological polar surface area (TPSA) is 154 Å². The number of nitro groups is 1. The summed E-state index contributed by atoms with van der Waals surface area (Å²) in [6.45, 7) is 1.84. The molecule has 120 valence electrons. The largest absolute Gasteiger partial charge is 0.364 e. The van der Waals surface area contributed by atoms with Crippen LogP contribution in [0.15, 0.2) is 30.6 Å². The number of nitrogens with zero attached hydrogens (tertiary/aromatic N) is 5. The molecule has 10 heteroatoms. The molecule has 3 heterocycles. The first-order valence-electron chi connectivity index (χ1n) is 6.75. The molecule has 0 atom stereocenters. The maximum absolute atomic E-state index is 11.3. The first-order chi connectivity index (χ1) is 11.5. The van der Waals surface area contributed by atoms with Gasteiger partial charge in [-0.05, 0) is 19.1 Å². The molecule has 3 N–H and O–H groups in total. The fraction of sp³-hybridized carbons (Fsp3) is 0.0714. The van der Waals surface area contributed by atoms with Crippen LogP contribution in [0.2, 0.25) is 0 Å². The molecule has 0 bridgehead atoms. The van der Waals surface area contributed by atoms with Crippen molar-refractivity contribution in [1.82, 2.24) is 25.1 Å². The number of amides is 1. The van der Waals surface area contributed by atoms with E-state index in [0.717, 1.165) is 5.69 Å². The highest BCUT2D eigenvalue weighted by molar-refractivity contribution is 5.92. The van der Waals surface area contributed by atoms with E-state index in [0.29, 0.717) is 17.1 Å². The molecule has 0 saturated heterocycles. The second-order valence-electron chi connectivity index (χ2n) is 4.92. The maximum atomic E-state index is 11.3. The van der Waals surface area contributed by atoms with Crippen LogP contribution in [-0.4, -0.2) is 36.0 Å². The lowest BCUT2D eigenvalue weighted by Crippen LogP contribution is -2.13. The van der Waals surface area contributed by atoms with E-state index in [2.05, 4.69) is 25.1 Å². The molecular weight excluding hydrogens is 314 g/mol. The van der Waals surface area contributed by atoms with Crippen molar-refractivity contribution in [2.24, 2.45) is 5.73 Å². The molecule has 3 aromatic heterocycles. The number of nitrogens with two attached hydrogens (primary N) is 1. The molecule has 0 aliphatic rings. The number of carbonyl (C=O) groups excluding carboxylic acids is 1. The van der Waals surface area contributed by atoms with Crippen LogP contribution in [0.4, 0.5) is 5.69 Å². The third kappa shape index (κ3) is 2.79. The summed E-state index contributed by atoms with van der Waals surface area (Å²) >= 11 is 0. The number of hydrogen-bond acceptors (Lipinski definition) is 7. The van der Waals surface area contributed by atoms with Crippen molar-refractivity contribution in [3.63, 3.8) is 0 Å². The average Bonchev–Trinajstić information content (AvgIpc) is 3.01. The Hall–Kier alpha value is -3.69. The van der Waals surface area contributed by atoms with Gasteiger partial charge in [0.05, 0.1) is 4.92 Å². The lowest BCUT2D eigenvalue weighted by molar-refractivity contribution is -0.384. The smallest absolute Gasteiger partial charge is 0.295 e. The van der Waals surface area contributed by atoms with Crippen molar-refractivity contribution in [2.45, 2.75) is 6.92 Å². The van der Waals surface area contributed by atoms with Gasteiger partial charge in [0.25, 0.3) is 11.6 Å². The SMILES string of the molecule is Cc1cc(-c2ncc(-c3nc(C(N)=O)ccc3[N+](=O)[O-])cn2)n[nH]1. The average molecular weight is 325 g/mol. The zero-order valence-electron chi connectivity index (χ0n) is 12.4. The summed E-state index contributed by atoms with van der Waals surface area (Å²) in [5.41, 5.74) is 6.49. The standard InChI is InChI=1S/C14H11N7O3/c1-7-4-10(20-19-7)14-16-5-8(6-17-14)12-11(21(23)24)3-2-9(18-12)13(15)22/h2-6H,1H3,(H2,15,22)(H,19,20). The quantitative estimate of drug-likeness (QED) is 0.540. The number of carbonyl (C=O) groups is 1. The number of aromatic nitrogens is 5. The predicted octanol–water partition coefficient (Wildman–Crippen LogP) is 1.24. The zero-order valence-corrected chi connectivity index (χ0v) is 12.4. The minimum absolute atomic E-state index is 0.0268. The van der Waals surface area contributed by atoms with Gasteiger partial charge >= 0.3 is 0 Å². The van der Waals surface area contributed by atoms with Crippen LogP contribution in [0.25, 0.3) is 22.8 Å². The lowest BCUT2D eigenvalue weighted by atomic mass is 10.1. The second-order valence-corrected chi connectivity index (χ2v) is 4.92. The van der Waals surface area contributed by atoms with Crippen molar-refractivity contribution in [3.8, 4) is 22.8 Å². The molecule has 0 aliphatic carbocycles. The van der Waals surface area contributed by atoms with Crippen molar-refractivity contribution in [3.05, 3.63) is 52.1 Å². The molecule has 0 aromatic carbocycles. The van der Waals surface area contributed by atoms with E-state index < -0.39 is 10.8 Å². The van der Waals surface area contributed by atoms with E-state index in [-0.39, 0.29) is 17.1 Å². The minimum atomic E-state index is -0.782. The summed E-state index contributed by atoms with van der Waals surface area (Å²) in [5.74, 6) is -0.424. The molecule has 24 heavy (non-hydrogen) atoms. The maximum Gasteiger partial charge on any atom is 0.295 e. The number of hydrogen-bond donors (Lipinski definition) is 2. The Labute approximate surface area is 134 Å². The fourth-order valence-electron chi connectivity index (χ4n) is 2.06. The molecule has 0 fully saturated rings. The number of rotatable bonds is 4. The normalized spacial score (nSPS) is 10.5. The minimum Gasteiger partial charge on any atom is -0.364 e. The van der Waals surface area contributed by atoms with Crippen LogP contribution < -0.4 is 5.73 Å². The Morgan fingerprint density at radius 2 is 2.00 bits per heavy atom. The highest BCUT2D eigenvalue weighted by Gasteiger charge is 2.20. The third-order valence-electron chi connectivity index (χ3n) is 3.18. The Kier molecular flexibility index (Phi) is 3.70. The van der Waals surface area contributed by atoms with Gasteiger partial charge in [-0.1, -0.05) is 0 Å². The summed E-state index contributed by atoms with van der Waals surface area (Å²) in [6, 6.07) is 4.14. The van der Waals surface area contributed by atoms with Gasteiger partial charge < -0.3 is 5.73 Å². The Balaban J connectivity index is 2.06. The van der Waals surface area contributed by atoms with Crippen LogP contribution in [0.1, 0.15) is 16.2 Å². The summed E-state index contributed by atoms with van der Waals surface area (Å²) in [7, 11) is 0. The number of nitrogens with one attached hydrogen (secondary N) is 1. The van der Waals surface area contributed by atoms with Gasteiger partial charge in [0.1, 0.15) is 11.4 Å². The molecule has 0 unspecified atom stereocenters. The second kappa shape index (κ2) is 5.83. The van der Waals surface area contributed by atoms with Crippen molar-refractivity contribution in [2.75, 3.05) is 0 Å². The Morgan fingerprint density at radius 1 is 1.29 bits per heavy atom. The molecule has 3 rings (SSSR count). The lowest BCUT2D eigenvalue weighted by Gasteiger charge is -2.04. The summed E-state index contributed by atoms with van der Waals surface area (Å²) in [5, 5.41) is 18.0. The summed E-state index contributed by atoms with van der Waals surface area (Å²) in [4.78, 5) is 34.1. The van der Waals surface area contributed by atoms with Gasteiger partial charge in [-0.2, -0.15) is 5.10 Å². The first kappa shape index (κ1) is 15.2. The third-order valence-corrected chi connectivity index (χ3v) is 3.18. The molecule has 1 amide bonds. The fourth-order valence-corrected chi connectivity index (χ4v) is 2.06. The first-order valence-corrected chi connectivity index (χ1v) is 6.75. The van der Waals surface area contributed by atoms with Crippen molar-refractivity contribution >= 4 is 11.6 Å². The molecule has 10 nitrogen and oxygen atoms in total. The van der Waals surface area contributed by atoms with Gasteiger partial charge in [-0.25, -0.2) is 15.0 Å². The molecule has 0 spiro atoms. The van der Waals surface area contributed by atoms with Crippen molar-refractivity contribution in [1.29, 1.82) is 0 Å². The van der Waals surface area contributed by atoms with Crippen LogP contribution in [-0.2, 0) is 0 Å². The van der Waals surface area contributed by atoms with E-state index in [1.54, 1.807) is 6.07 Å². The van der Waals surface area contributed by atoms with E-state index in [1.165, 1.54) is 24.5 Å². The van der Waals surface area contributed by atoms with Gasteiger partial charge in [-0.15, -0.1) is 0 Å². The van der Waals surface area contributed by atoms with Crippen LogP contribution >= 0.6 is 0 Å². The number of H-pyrrole nitrogens is 1. The highest BCUT2D eigenvalue weighted by atomic mass is 16.6. The van der Waals surface area contributed by atoms with Gasteiger partial charge in [0.2, 0.25) is 0 Å². The molecule has 3 aromatic rings. The van der Waals surface area contributed by atoms with E-state index in [9.17, 15) is 14.9 Å². The summed E-state index contributed by atoms with van der Waals surface area (Å²) < 4.78 is 0. The van der Waals surface area contributed by atoms with E-state index in [4.69, 9.17) is 5.73 Å². The number of primary amides is 1. The van der Waals surface area contributed by atoms with E-state index in [1.807, 2.05) is 6.92 Å². The molecular formula is C14H11N7O3. The van der Waals surface area contributed by atoms with Crippen LogP contribution in [0.3, 0.4) is 0 Å². The van der Waals surface area contributed by atoms with Gasteiger partial charge in [0.15, 0.2) is 11.5 Å². The van der Waals surface area contributed by atoms with Crippen molar-refractivity contribution < 1.29 is 9.72 Å². The number of aromatic amines is 1.